The van der Waals surface area contributed by atoms with Crippen LogP contribution in [0, 0.1) is 0 Å². The molecule has 0 aliphatic heterocycles. The summed E-state index contributed by atoms with van der Waals surface area (Å²) in [6.45, 7) is 0. The standard InChI is InChI=1S/C21H15ClN4S/c1-26-12-14-11-13(4-9-18(14)25-26)19-20(17-3-2-10-23-21(17)24-19)27-16-7-5-15(22)6-8-16/h2-12H,1H3,(H,23,24). The molecular weight excluding hydrogens is 376 g/mol. The minimum Gasteiger partial charge on any atom is -0.338 e. The maximum absolute atomic E-state index is 6.04. The monoisotopic (exact) mass is 390 g/mol. The molecule has 4 nitrogen and oxygen atoms in total. The zero-order chi connectivity index (χ0) is 18.4. The van der Waals surface area contributed by atoms with Gasteiger partial charge in [0.1, 0.15) is 5.65 Å². The Morgan fingerprint density at radius 2 is 1.93 bits per heavy atom. The number of hydrogen-bond acceptors (Lipinski definition) is 3. The van der Waals surface area contributed by atoms with Crippen molar-refractivity contribution in [3.8, 4) is 11.3 Å². The van der Waals surface area contributed by atoms with Crippen LogP contribution in [0.1, 0.15) is 0 Å². The first kappa shape index (κ1) is 16.4. The maximum atomic E-state index is 6.04. The van der Waals surface area contributed by atoms with Crippen LogP contribution in [0.3, 0.4) is 0 Å². The molecule has 0 aliphatic rings. The Morgan fingerprint density at radius 1 is 1.07 bits per heavy atom. The second kappa shape index (κ2) is 6.44. The van der Waals surface area contributed by atoms with E-state index in [-0.39, 0.29) is 0 Å². The van der Waals surface area contributed by atoms with Crippen LogP contribution in [0.15, 0.2) is 76.8 Å². The van der Waals surface area contributed by atoms with Crippen molar-refractivity contribution >= 4 is 45.3 Å². The van der Waals surface area contributed by atoms with E-state index in [0.717, 1.165) is 48.0 Å². The molecule has 0 bridgehead atoms. The highest BCUT2D eigenvalue weighted by molar-refractivity contribution is 7.99. The predicted molar refractivity (Wildman–Crippen MR) is 111 cm³/mol. The quantitative estimate of drug-likeness (QED) is 0.416. The lowest BCUT2D eigenvalue weighted by Gasteiger charge is -2.06. The van der Waals surface area contributed by atoms with E-state index >= 15 is 0 Å². The molecule has 27 heavy (non-hydrogen) atoms. The zero-order valence-electron chi connectivity index (χ0n) is 14.5. The number of H-pyrrole nitrogens is 1. The Balaban J connectivity index is 1.69. The highest BCUT2D eigenvalue weighted by atomic mass is 35.5. The molecule has 0 radical (unpaired) electrons. The first-order valence-corrected chi connectivity index (χ1v) is 9.71. The number of hydrogen-bond donors (Lipinski definition) is 1. The zero-order valence-corrected chi connectivity index (χ0v) is 16.1. The lowest BCUT2D eigenvalue weighted by atomic mass is 10.1. The fraction of sp³-hybridized carbons (Fsp3) is 0.0476. The van der Waals surface area contributed by atoms with Crippen LogP contribution in [0.4, 0.5) is 0 Å². The van der Waals surface area contributed by atoms with Crippen molar-refractivity contribution in [2.45, 2.75) is 9.79 Å². The Morgan fingerprint density at radius 3 is 2.78 bits per heavy atom. The first-order valence-electron chi connectivity index (χ1n) is 8.51. The minimum absolute atomic E-state index is 0.738. The van der Waals surface area contributed by atoms with Crippen molar-refractivity contribution in [3.05, 3.63) is 72.0 Å². The summed E-state index contributed by atoms with van der Waals surface area (Å²) < 4.78 is 1.84. The lowest BCUT2D eigenvalue weighted by molar-refractivity contribution is 0.780. The molecule has 0 amide bonds. The maximum Gasteiger partial charge on any atom is 0.138 e. The van der Waals surface area contributed by atoms with E-state index in [1.807, 2.05) is 54.5 Å². The van der Waals surface area contributed by atoms with E-state index < -0.39 is 0 Å². The summed E-state index contributed by atoms with van der Waals surface area (Å²) in [6, 6.07) is 18.3. The summed E-state index contributed by atoms with van der Waals surface area (Å²) in [5, 5.41) is 7.43. The predicted octanol–water partition coefficient (Wildman–Crippen LogP) is 5.92. The summed E-state index contributed by atoms with van der Waals surface area (Å²) in [7, 11) is 1.94. The van der Waals surface area contributed by atoms with E-state index in [1.54, 1.807) is 11.8 Å². The van der Waals surface area contributed by atoms with Gasteiger partial charge < -0.3 is 4.98 Å². The van der Waals surface area contributed by atoms with Crippen LogP contribution in [-0.4, -0.2) is 19.7 Å². The normalized spacial score (nSPS) is 11.5. The van der Waals surface area contributed by atoms with Crippen LogP contribution in [0.2, 0.25) is 5.02 Å². The number of fused-ring (bicyclic) bond motifs is 2. The number of nitrogens with one attached hydrogen (secondary N) is 1. The van der Waals surface area contributed by atoms with E-state index in [0.29, 0.717) is 0 Å². The smallest absolute Gasteiger partial charge is 0.138 e. The molecular formula is C21H15ClN4S. The van der Waals surface area contributed by atoms with Crippen LogP contribution < -0.4 is 0 Å². The molecule has 0 atom stereocenters. The van der Waals surface area contributed by atoms with E-state index in [9.17, 15) is 0 Å². The average Bonchev–Trinajstić information content (AvgIpc) is 3.22. The van der Waals surface area contributed by atoms with Crippen LogP contribution >= 0.6 is 23.4 Å². The third-order valence-corrected chi connectivity index (χ3v) is 5.85. The highest BCUT2D eigenvalue weighted by Crippen LogP contribution is 2.41. The molecule has 0 saturated carbocycles. The molecule has 3 aromatic heterocycles. The van der Waals surface area contributed by atoms with Gasteiger partial charge in [0.25, 0.3) is 0 Å². The molecule has 3 heterocycles. The second-order valence-corrected chi connectivity index (χ2v) is 7.88. The van der Waals surface area contributed by atoms with Crippen molar-refractivity contribution in [1.29, 1.82) is 0 Å². The summed E-state index contributed by atoms with van der Waals surface area (Å²) in [5.74, 6) is 0. The topological polar surface area (TPSA) is 46.5 Å². The molecule has 132 valence electrons. The molecule has 2 aromatic carbocycles. The minimum atomic E-state index is 0.738. The van der Waals surface area contributed by atoms with Gasteiger partial charge in [-0.15, -0.1) is 0 Å². The van der Waals surface area contributed by atoms with Gasteiger partial charge in [0.2, 0.25) is 0 Å². The van der Waals surface area contributed by atoms with Gasteiger partial charge in [0.15, 0.2) is 0 Å². The molecule has 6 heteroatoms. The number of pyridine rings is 1. The number of aromatic amines is 1. The molecule has 1 N–H and O–H groups in total. The van der Waals surface area contributed by atoms with Crippen LogP contribution in [0.25, 0.3) is 33.2 Å². The van der Waals surface area contributed by atoms with E-state index in [1.165, 1.54) is 0 Å². The first-order chi connectivity index (χ1) is 13.2. The van der Waals surface area contributed by atoms with Crippen molar-refractivity contribution in [2.24, 2.45) is 7.05 Å². The van der Waals surface area contributed by atoms with Crippen molar-refractivity contribution < 1.29 is 0 Å². The molecule has 0 fully saturated rings. The van der Waals surface area contributed by atoms with Crippen molar-refractivity contribution in [2.75, 3.05) is 0 Å². The highest BCUT2D eigenvalue weighted by Gasteiger charge is 2.16. The van der Waals surface area contributed by atoms with Gasteiger partial charge in [-0.3, -0.25) is 4.68 Å². The van der Waals surface area contributed by atoms with Crippen molar-refractivity contribution in [1.82, 2.24) is 19.7 Å². The van der Waals surface area contributed by atoms with Gasteiger partial charge in [-0.1, -0.05) is 29.4 Å². The van der Waals surface area contributed by atoms with Gasteiger partial charge in [-0.2, -0.15) is 5.10 Å². The molecule has 0 unspecified atom stereocenters. The second-order valence-electron chi connectivity index (χ2n) is 6.36. The van der Waals surface area contributed by atoms with E-state index in [2.05, 4.69) is 39.3 Å². The number of nitrogens with zero attached hydrogens (tertiary/aromatic N) is 3. The molecule has 5 aromatic rings. The molecule has 5 rings (SSSR count). The van der Waals surface area contributed by atoms with Gasteiger partial charge in [-0.05, 0) is 54.1 Å². The molecule has 0 spiro atoms. The average molecular weight is 391 g/mol. The van der Waals surface area contributed by atoms with Gasteiger partial charge >= 0.3 is 0 Å². The number of aromatic nitrogens is 4. The summed E-state index contributed by atoms with van der Waals surface area (Å²) in [4.78, 5) is 10.3. The largest absolute Gasteiger partial charge is 0.338 e. The summed E-state index contributed by atoms with van der Waals surface area (Å²) in [6.07, 6.45) is 3.84. The lowest BCUT2D eigenvalue weighted by Crippen LogP contribution is -1.84. The molecule has 0 aliphatic carbocycles. The van der Waals surface area contributed by atoms with Crippen LogP contribution in [-0.2, 0) is 7.05 Å². The Kier molecular flexibility index (Phi) is 3.92. The van der Waals surface area contributed by atoms with Gasteiger partial charge in [0.05, 0.1) is 11.2 Å². The number of benzene rings is 2. The number of halogens is 1. The van der Waals surface area contributed by atoms with E-state index in [4.69, 9.17) is 11.6 Å². The number of aryl methyl sites for hydroxylation is 1. The molecule has 0 saturated heterocycles. The Labute approximate surface area is 165 Å². The van der Waals surface area contributed by atoms with Crippen LogP contribution in [0.5, 0.6) is 0 Å². The summed E-state index contributed by atoms with van der Waals surface area (Å²) in [5.41, 5.74) is 4.05. The fourth-order valence-electron chi connectivity index (χ4n) is 3.23. The Bertz CT molecular complexity index is 1270. The van der Waals surface area contributed by atoms with Gasteiger partial charge in [0, 0.05) is 45.0 Å². The van der Waals surface area contributed by atoms with Gasteiger partial charge in [-0.25, -0.2) is 4.98 Å². The SMILES string of the molecule is Cn1cc2cc(-c3[nH]c4ncccc4c3Sc3ccc(Cl)cc3)ccc2n1. The van der Waals surface area contributed by atoms with Crippen molar-refractivity contribution in [3.63, 3.8) is 0 Å². The third kappa shape index (κ3) is 2.99. The third-order valence-electron chi connectivity index (χ3n) is 4.46. The fourth-order valence-corrected chi connectivity index (χ4v) is 4.41. The number of rotatable bonds is 3. The summed E-state index contributed by atoms with van der Waals surface area (Å²) >= 11 is 7.75. The Hall–Kier alpha value is -2.76.